The minimum Gasteiger partial charge on any atom is -0.466 e. The van der Waals surface area contributed by atoms with E-state index in [4.69, 9.17) is 13.9 Å². The molecule has 0 aliphatic carbocycles. The normalized spacial score (nSPS) is 19.3. The summed E-state index contributed by atoms with van der Waals surface area (Å²) in [6.07, 6.45) is 9.27. The van der Waals surface area contributed by atoms with Gasteiger partial charge in [0.1, 0.15) is 0 Å². The summed E-state index contributed by atoms with van der Waals surface area (Å²) in [7, 11) is 0. The van der Waals surface area contributed by atoms with Crippen LogP contribution < -0.4 is 11.1 Å². The van der Waals surface area contributed by atoms with Crippen LogP contribution in [0.5, 0.6) is 0 Å². The molecule has 0 unspecified atom stereocenters. The maximum absolute atomic E-state index is 14.3. The Morgan fingerprint density at radius 2 is 1.58 bits per heavy atom. The van der Waals surface area contributed by atoms with Gasteiger partial charge in [-0.15, -0.1) is 0 Å². The van der Waals surface area contributed by atoms with Crippen molar-refractivity contribution in [2.45, 2.75) is 109 Å². The Hall–Kier alpha value is -4.85. The Morgan fingerprint density at radius 3 is 2.32 bits per heavy atom. The zero-order valence-electron chi connectivity index (χ0n) is 34.9. The van der Waals surface area contributed by atoms with Crippen molar-refractivity contribution in [1.29, 1.82) is 0 Å². The zero-order valence-corrected chi connectivity index (χ0v) is 34.9. The topological polar surface area (TPSA) is 158 Å². The Kier molecular flexibility index (Phi) is 14.3. The molecule has 0 bridgehead atoms. The number of nitrogens with one attached hydrogen (secondary N) is 2. The van der Waals surface area contributed by atoms with Gasteiger partial charge in [0, 0.05) is 57.4 Å². The fourth-order valence-corrected chi connectivity index (χ4v) is 9.58. The standard InChI is InChI=1S/C45H62N6O8/c1-3-4-5-8-27-57-40(52)18-21-48-19-11-33(12-20-48)34-13-22-49(23-14-34)42(53)39(30-32-28-31(2)41-38(29-32)58-44(55)47-41)59-45(56)50-24-16-36(17-25-50)51-26-15-35-9-6-7-10-37(35)46-43(51)54/h6-7,9-10,28-29,33-34,36,39H,3-5,8,11-27,30H2,1-2H3,(H,46,54)(H,47,55)/t39-/m1/s1. The SMILES string of the molecule is CCCCCCOC(=O)CCN1CCC(C2CCN(C(=O)[C@@H](Cc3cc(C)c4[nH]c(=O)oc4c3)OC(=O)N3CCC(N4CCc5ccccc5NC4=O)CC3)CC2)CC1. The molecule has 3 fully saturated rings. The third-order valence-electron chi connectivity index (χ3n) is 13.1. The number of nitrogens with zero attached hydrogens (tertiary/aromatic N) is 4. The number of para-hydroxylation sites is 1. The number of carbonyl (C=O) groups is 4. The number of urea groups is 1. The fraction of sp³-hybridized carbons (Fsp3) is 0.622. The lowest BCUT2D eigenvalue weighted by Gasteiger charge is -2.41. The van der Waals surface area contributed by atoms with Gasteiger partial charge in [-0.05, 0) is 112 Å². The van der Waals surface area contributed by atoms with E-state index in [1.807, 2.05) is 47.1 Å². The number of esters is 1. The van der Waals surface area contributed by atoms with E-state index >= 15 is 0 Å². The van der Waals surface area contributed by atoms with Crippen molar-refractivity contribution in [3.8, 4) is 0 Å². The van der Waals surface area contributed by atoms with Crippen molar-refractivity contribution in [3.63, 3.8) is 0 Å². The second-order valence-electron chi connectivity index (χ2n) is 17.0. The second-order valence-corrected chi connectivity index (χ2v) is 17.0. The molecular formula is C45H62N6O8. The van der Waals surface area contributed by atoms with Crippen LogP contribution in [0, 0.1) is 18.8 Å². The Bertz CT molecular complexity index is 1970. The molecule has 4 aliphatic rings. The van der Waals surface area contributed by atoms with Gasteiger partial charge in [0.05, 0.1) is 18.5 Å². The highest BCUT2D eigenvalue weighted by atomic mass is 16.6. The molecule has 14 nitrogen and oxygen atoms in total. The predicted molar refractivity (Wildman–Crippen MR) is 224 cm³/mol. The number of hydrogen-bond acceptors (Lipinski definition) is 9. The number of hydrogen-bond donors (Lipinski definition) is 2. The summed E-state index contributed by atoms with van der Waals surface area (Å²) in [5.41, 5.74) is 4.49. The molecular weight excluding hydrogens is 753 g/mol. The number of oxazole rings is 1. The Balaban J connectivity index is 0.919. The van der Waals surface area contributed by atoms with Gasteiger partial charge in [-0.2, -0.15) is 0 Å². The number of amides is 4. The van der Waals surface area contributed by atoms with Crippen molar-refractivity contribution < 1.29 is 33.1 Å². The summed E-state index contributed by atoms with van der Waals surface area (Å²) in [4.78, 5) is 76.0. The molecule has 59 heavy (non-hydrogen) atoms. The molecule has 2 aromatic carbocycles. The molecule has 5 heterocycles. The van der Waals surface area contributed by atoms with Crippen LogP contribution in [0.4, 0.5) is 15.3 Å². The molecule has 4 amide bonds. The largest absolute Gasteiger partial charge is 0.466 e. The first-order chi connectivity index (χ1) is 28.6. The summed E-state index contributed by atoms with van der Waals surface area (Å²) >= 11 is 0. The second kappa shape index (κ2) is 19.9. The van der Waals surface area contributed by atoms with Crippen LogP contribution in [0.2, 0.25) is 0 Å². The summed E-state index contributed by atoms with van der Waals surface area (Å²) in [5.74, 6) is 0.219. The molecule has 320 valence electrons. The van der Waals surface area contributed by atoms with Crippen LogP contribution >= 0.6 is 0 Å². The summed E-state index contributed by atoms with van der Waals surface area (Å²) in [6.45, 7) is 9.84. The highest BCUT2D eigenvalue weighted by Crippen LogP contribution is 2.33. The number of fused-ring (bicyclic) bond motifs is 2. The van der Waals surface area contributed by atoms with Crippen molar-refractivity contribution in [3.05, 3.63) is 63.6 Å². The van der Waals surface area contributed by atoms with Crippen LogP contribution in [-0.2, 0) is 31.9 Å². The molecule has 2 N–H and O–H groups in total. The minimum atomic E-state index is -1.06. The van der Waals surface area contributed by atoms with Crippen molar-refractivity contribution in [1.82, 2.24) is 24.6 Å². The number of anilines is 1. The summed E-state index contributed by atoms with van der Waals surface area (Å²) in [5, 5.41) is 3.05. The van der Waals surface area contributed by atoms with E-state index in [9.17, 15) is 24.0 Å². The van der Waals surface area contributed by atoms with E-state index in [0.29, 0.717) is 81.5 Å². The first-order valence-corrected chi connectivity index (χ1v) is 22.0. The molecule has 7 rings (SSSR count). The number of rotatable bonds is 14. The quantitative estimate of drug-likeness (QED) is 0.137. The zero-order chi connectivity index (χ0) is 41.3. The fourth-order valence-electron chi connectivity index (χ4n) is 9.58. The monoisotopic (exact) mass is 814 g/mol. The average molecular weight is 815 g/mol. The molecule has 3 aromatic rings. The van der Waals surface area contributed by atoms with Gasteiger partial charge >= 0.3 is 23.8 Å². The average Bonchev–Trinajstić information content (AvgIpc) is 3.55. The van der Waals surface area contributed by atoms with Crippen LogP contribution in [-0.4, -0.2) is 120 Å². The van der Waals surface area contributed by atoms with E-state index in [2.05, 4.69) is 22.1 Å². The molecule has 3 saturated heterocycles. The van der Waals surface area contributed by atoms with Crippen LogP contribution in [0.1, 0.15) is 94.2 Å². The van der Waals surface area contributed by atoms with Gasteiger partial charge in [0.15, 0.2) is 11.7 Å². The lowest BCUT2D eigenvalue weighted by Crippen LogP contribution is -2.52. The number of aromatic nitrogens is 1. The molecule has 0 saturated carbocycles. The molecule has 0 radical (unpaired) electrons. The van der Waals surface area contributed by atoms with E-state index in [1.54, 1.807) is 11.0 Å². The van der Waals surface area contributed by atoms with Crippen molar-refractivity contribution in [2.75, 3.05) is 64.3 Å². The maximum atomic E-state index is 14.3. The van der Waals surface area contributed by atoms with Gasteiger partial charge in [0.25, 0.3) is 5.91 Å². The van der Waals surface area contributed by atoms with E-state index < -0.39 is 18.0 Å². The Morgan fingerprint density at radius 1 is 0.864 bits per heavy atom. The maximum Gasteiger partial charge on any atom is 0.417 e. The number of piperidine rings is 3. The highest BCUT2D eigenvalue weighted by molar-refractivity contribution is 5.91. The highest BCUT2D eigenvalue weighted by Gasteiger charge is 2.37. The number of aryl methyl sites for hydroxylation is 1. The summed E-state index contributed by atoms with van der Waals surface area (Å²) in [6, 6.07) is 11.4. The third-order valence-corrected chi connectivity index (χ3v) is 13.1. The van der Waals surface area contributed by atoms with Crippen LogP contribution in [0.15, 0.2) is 45.6 Å². The van der Waals surface area contributed by atoms with Gasteiger partial charge in [0.2, 0.25) is 0 Å². The first-order valence-electron chi connectivity index (χ1n) is 22.0. The van der Waals surface area contributed by atoms with Gasteiger partial charge in [-0.3, -0.25) is 14.6 Å². The minimum absolute atomic E-state index is 0.0151. The number of H-pyrrole nitrogens is 1. The molecule has 14 heteroatoms. The van der Waals surface area contributed by atoms with E-state index in [-0.39, 0.29) is 30.4 Å². The van der Waals surface area contributed by atoms with E-state index in [1.165, 1.54) is 6.42 Å². The first kappa shape index (κ1) is 42.3. The smallest absolute Gasteiger partial charge is 0.417 e. The lowest BCUT2D eigenvalue weighted by atomic mass is 9.78. The Labute approximate surface area is 346 Å². The number of benzene rings is 2. The van der Waals surface area contributed by atoms with Gasteiger partial charge < -0.3 is 38.8 Å². The number of likely N-dealkylation sites (tertiary alicyclic amines) is 3. The lowest BCUT2D eigenvalue weighted by molar-refractivity contribution is -0.144. The summed E-state index contributed by atoms with van der Waals surface area (Å²) < 4.78 is 16.9. The molecule has 0 spiro atoms. The predicted octanol–water partition coefficient (Wildman–Crippen LogP) is 6.50. The van der Waals surface area contributed by atoms with E-state index in [0.717, 1.165) is 93.4 Å². The van der Waals surface area contributed by atoms with Gasteiger partial charge in [-0.25, -0.2) is 14.4 Å². The number of carbonyl (C=O) groups excluding carboxylic acids is 4. The van der Waals surface area contributed by atoms with Crippen LogP contribution in [0.3, 0.4) is 0 Å². The van der Waals surface area contributed by atoms with Crippen molar-refractivity contribution in [2.24, 2.45) is 11.8 Å². The third kappa shape index (κ3) is 10.9. The van der Waals surface area contributed by atoms with Crippen molar-refractivity contribution >= 4 is 40.8 Å². The number of ether oxygens (including phenoxy) is 2. The number of unbranched alkanes of at least 4 members (excludes halogenated alkanes) is 3. The molecule has 1 atom stereocenters. The molecule has 1 aromatic heterocycles. The molecule has 4 aliphatic heterocycles. The van der Waals surface area contributed by atoms with Gasteiger partial charge in [-0.1, -0.05) is 50.5 Å². The number of aromatic amines is 1. The van der Waals surface area contributed by atoms with Crippen LogP contribution in [0.25, 0.3) is 11.1 Å².